The Bertz CT molecular complexity index is 487. The number of halogens is 3. The van der Waals surface area contributed by atoms with Gasteiger partial charge in [-0.2, -0.15) is 0 Å². The van der Waals surface area contributed by atoms with E-state index in [-0.39, 0.29) is 29.8 Å². The minimum absolute atomic E-state index is 0. The van der Waals surface area contributed by atoms with Gasteiger partial charge in [0.05, 0.1) is 5.92 Å². The summed E-state index contributed by atoms with van der Waals surface area (Å²) in [5, 5.41) is 7.43. The Hall–Kier alpha value is -0.480. The molecule has 112 valence electrons. The van der Waals surface area contributed by atoms with Gasteiger partial charge in [-0.25, -0.2) is 0 Å². The van der Waals surface area contributed by atoms with Gasteiger partial charge < -0.3 is 10.6 Å². The third kappa shape index (κ3) is 4.52. The number of rotatable bonds is 4. The molecule has 1 heterocycles. The zero-order chi connectivity index (χ0) is 14.0. The predicted molar refractivity (Wildman–Crippen MR) is 86.0 cm³/mol. The molecular formula is C14H19Cl3N2O. The van der Waals surface area contributed by atoms with Crippen LogP contribution in [0.15, 0.2) is 18.2 Å². The molecule has 20 heavy (non-hydrogen) atoms. The Morgan fingerprint density at radius 3 is 2.55 bits per heavy atom. The normalized spacial score (nSPS) is 15.2. The number of hydrogen-bond donors (Lipinski definition) is 2. The predicted octanol–water partition coefficient (Wildman–Crippen LogP) is 3.07. The van der Waals surface area contributed by atoms with Crippen molar-refractivity contribution in [3.63, 3.8) is 0 Å². The summed E-state index contributed by atoms with van der Waals surface area (Å²) in [7, 11) is 0. The lowest BCUT2D eigenvalue weighted by molar-refractivity contribution is -0.128. The maximum Gasteiger partial charge on any atom is 0.226 e. The Balaban J connectivity index is 0.00000200. The fourth-order valence-corrected chi connectivity index (χ4v) is 2.57. The first kappa shape index (κ1) is 17.6. The Morgan fingerprint density at radius 2 is 2.05 bits per heavy atom. The molecule has 1 saturated heterocycles. The third-order valence-electron chi connectivity index (χ3n) is 3.26. The van der Waals surface area contributed by atoms with Crippen molar-refractivity contribution >= 4 is 41.5 Å². The van der Waals surface area contributed by atoms with Gasteiger partial charge in [0.2, 0.25) is 5.91 Å². The summed E-state index contributed by atoms with van der Waals surface area (Å²) in [4.78, 5) is 12.0. The van der Waals surface area contributed by atoms with Crippen LogP contribution < -0.4 is 10.6 Å². The highest BCUT2D eigenvalue weighted by atomic mass is 35.5. The summed E-state index contributed by atoms with van der Waals surface area (Å²) in [6, 6.07) is 5.45. The fourth-order valence-electron chi connectivity index (χ4n) is 2.10. The van der Waals surface area contributed by atoms with Crippen LogP contribution >= 0.6 is 35.6 Å². The molecule has 0 aromatic heterocycles. The van der Waals surface area contributed by atoms with Crippen LogP contribution in [-0.2, 0) is 11.2 Å². The average Bonchev–Trinajstić information content (AvgIpc) is 2.18. The molecule has 0 atom stereocenters. The van der Waals surface area contributed by atoms with Gasteiger partial charge in [-0.3, -0.25) is 4.79 Å². The maximum absolute atomic E-state index is 12.0. The quantitative estimate of drug-likeness (QED) is 0.886. The van der Waals surface area contributed by atoms with Crippen LogP contribution in [0.4, 0.5) is 0 Å². The molecule has 3 nitrogen and oxygen atoms in total. The summed E-state index contributed by atoms with van der Waals surface area (Å²) in [6.45, 7) is 5.54. The van der Waals surface area contributed by atoms with E-state index in [1.165, 1.54) is 0 Å². The van der Waals surface area contributed by atoms with Gasteiger partial charge in [0.1, 0.15) is 0 Å². The second-order valence-corrected chi connectivity index (χ2v) is 6.48. The summed E-state index contributed by atoms with van der Waals surface area (Å²) in [6.07, 6.45) is 0.675. The minimum Gasteiger partial charge on any atom is -0.351 e. The third-order valence-corrected chi connectivity index (χ3v) is 3.85. The fraction of sp³-hybridized carbons (Fsp3) is 0.500. The van der Waals surface area contributed by atoms with Crippen LogP contribution in [0.5, 0.6) is 0 Å². The SMILES string of the molecule is CC(C)(Cc1ccc(Cl)cc1Cl)NC(=O)C1CNC1.Cl. The van der Waals surface area contributed by atoms with E-state index in [0.29, 0.717) is 16.5 Å². The van der Waals surface area contributed by atoms with E-state index in [2.05, 4.69) is 10.6 Å². The van der Waals surface area contributed by atoms with Gasteiger partial charge in [-0.05, 0) is 38.0 Å². The topological polar surface area (TPSA) is 41.1 Å². The molecule has 0 saturated carbocycles. The van der Waals surface area contributed by atoms with E-state index in [1.54, 1.807) is 6.07 Å². The molecule has 0 radical (unpaired) electrons. The molecule has 1 fully saturated rings. The lowest BCUT2D eigenvalue weighted by atomic mass is 9.93. The second kappa shape index (κ2) is 6.99. The molecule has 0 spiro atoms. The average molecular weight is 338 g/mol. The van der Waals surface area contributed by atoms with Crippen LogP contribution in [-0.4, -0.2) is 24.5 Å². The summed E-state index contributed by atoms with van der Waals surface area (Å²) >= 11 is 12.0. The molecule has 6 heteroatoms. The van der Waals surface area contributed by atoms with Crippen molar-refractivity contribution in [3.05, 3.63) is 33.8 Å². The minimum atomic E-state index is -0.329. The van der Waals surface area contributed by atoms with Crippen molar-refractivity contribution in [3.8, 4) is 0 Å². The van der Waals surface area contributed by atoms with Gasteiger partial charge >= 0.3 is 0 Å². The molecule has 1 aliphatic rings. The van der Waals surface area contributed by atoms with Crippen molar-refractivity contribution in [2.75, 3.05) is 13.1 Å². The standard InChI is InChI=1S/C14H18Cl2N2O.ClH/c1-14(2,18-13(19)10-7-17-8-10)6-9-3-4-11(15)5-12(9)16;/h3-5,10,17H,6-8H2,1-2H3,(H,18,19);1H. The second-order valence-electron chi connectivity index (χ2n) is 5.64. The first-order valence-corrected chi connectivity index (χ1v) is 7.10. The van der Waals surface area contributed by atoms with Crippen LogP contribution in [0.25, 0.3) is 0 Å². The summed E-state index contributed by atoms with van der Waals surface area (Å²) < 4.78 is 0. The smallest absolute Gasteiger partial charge is 0.226 e. The molecule has 0 bridgehead atoms. The van der Waals surface area contributed by atoms with Crippen molar-refractivity contribution in [1.82, 2.24) is 10.6 Å². The van der Waals surface area contributed by atoms with Crippen molar-refractivity contribution < 1.29 is 4.79 Å². The first-order valence-electron chi connectivity index (χ1n) is 6.34. The molecule has 2 rings (SSSR count). The number of amides is 1. The van der Waals surface area contributed by atoms with Crippen molar-refractivity contribution in [2.45, 2.75) is 25.8 Å². The largest absolute Gasteiger partial charge is 0.351 e. The Labute approximate surface area is 135 Å². The van der Waals surface area contributed by atoms with Crippen LogP contribution in [0.3, 0.4) is 0 Å². The highest BCUT2D eigenvalue weighted by Crippen LogP contribution is 2.24. The zero-order valence-corrected chi connectivity index (χ0v) is 13.8. The molecule has 1 aliphatic heterocycles. The molecule has 1 aromatic rings. The van der Waals surface area contributed by atoms with Crippen LogP contribution in [0.2, 0.25) is 10.0 Å². The lowest BCUT2D eigenvalue weighted by Gasteiger charge is -2.32. The van der Waals surface area contributed by atoms with E-state index >= 15 is 0 Å². The molecule has 2 N–H and O–H groups in total. The Morgan fingerprint density at radius 1 is 1.40 bits per heavy atom. The van der Waals surface area contributed by atoms with Gasteiger partial charge in [0, 0.05) is 28.7 Å². The zero-order valence-electron chi connectivity index (χ0n) is 11.5. The molecule has 0 aliphatic carbocycles. The first-order chi connectivity index (χ1) is 8.87. The van der Waals surface area contributed by atoms with Gasteiger partial charge in [-0.1, -0.05) is 29.3 Å². The highest BCUT2D eigenvalue weighted by Gasteiger charge is 2.29. The maximum atomic E-state index is 12.0. The van der Waals surface area contributed by atoms with E-state index in [4.69, 9.17) is 23.2 Å². The molecule has 0 unspecified atom stereocenters. The van der Waals surface area contributed by atoms with E-state index < -0.39 is 0 Å². The van der Waals surface area contributed by atoms with E-state index in [0.717, 1.165) is 18.7 Å². The number of carbonyl (C=O) groups is 1. The molecular weight excluding hydrogens is 319 g/mol. The molecule has 1 aromatic carbocycles. The lowest BCUT2D eigenvalue weighted by Crippen LogP contribution is -2.55. The van der Waals surface area contributed by atoms with E-state index in [9.17, 15) is 4.79 Å². The monoisotopic (exact) mass is 336 g/mol. The van der Waals surface area contributed by atoms with Crippen LogP contribution in [0.1, 0.15) is 19.4 Å². The van der Waals surface area contributed by atoms with Gasteiger partial charge in [-0.15, -0.1) is 12.4 Å². The summed E-state index contributed by atoms with van der Waals surface area (Å²) in [5.41, 5.74) is 0.660. The molecule has 1 amide bonds. The summed E-state index contributed by atoms with van der Waals surface area (Å²) in [5.74, 6) is 0.203. The van der Waals surface area contributed by atoms with Crippen molar-refractivity contribution in [2.24, 2.45) is 5.92 Å². The van der Waals surface area contributed by atoms with E-state index in [1.807, 2.05) is 26.0 Å². The number of hydrogen-bond acceptors (Lipinski definition) is 2. The highest BCUT2D eigenvalue weighted by molar-refractivity contribution is 6.35. The van der Waals surface area contributed by atoms with Crippen molar-refractivity contribution in [1.29, 1.82) is 0 Å². The number of nitrogens with one attached hydrogen (secondary N) is 2. The Kier molecular flexibility index (Phi) is 6.14. The van der Waals surface area contributed by atoms with Gasteiger partial charge in [0.15, 0.2) is 0 Å². The van der Waals surface area contributed by atoms with Crippen LogP contribution in [0, 0.1) is 5.92 Å². The number of benzene rings is 1. The van der Waals surface area contributed by atoms with Gasteiger partial charge in [0.25, 0.3) is 0 Å². The number of carbonyl (C=O) groups excluding carboxylic acids is 1.